The lowest BCUT2D eigenvalue weighted by atomic mass is 9.88. The number of rotatable bonds is 7. The average Bonchev–Trinajstić information content (AvgIpc) is 2.34. The minimum absolute atomic E-state index is 0.125. The van der Waals surface area contributed by atoms with Crippen molar-refractivity contribution in [2.45, 2.75) is 72.6 Å². The van der Waals surface area contributed by atoms with Gasteiger partial charge in [-0.05, 0) is 47.5 Å². The lowest BCUT2D eigenvalue weighted by Crippen LogP contribution is -2.59. The topological polar surface area (TPSA) is 76.7 Å². The second-order valence-electron chi connectivity index (χ2n) is 7.01. The van der Waals surface area contributed by atoms with Gasteiger partial charge in [0.05, 0.1) is 5.54 Å². The molecule has 0 aliphatic rings. The van der Waals surface area contributed by atoms with Gasteiger partial charge in [-0.25, -0.2) is 4.79 Å². The Hall–Kier alpha value is -1.30. The molecule has 0 aliphatic carbocycles. The Kier molecular flexibility index (Phi) is 7.87. The van der Waals surface area contributed by atoms with Crippen molar-refractivity contribution in [2.24, 2.45) is 5.92 Å². The Labute approximate surface area is 134 Å². The minimum atomic E-state index is -0.584. The fraction of sp³-hybridized carbons (Fsp3) is 0.875. The number of ether oxygens (including phenoxy) is 2. The summed E-state index contributed by atoms with van der Waals surface area (Å²) >= 11 is 0. The van der Waals surface area contributed by atoms with Gasteiger partial charge in [-0.3, -0.25) is 4.79 Å². The smallest absolute Gasteiger partial charge is 0.407 e. The summed E-state index contributed by atoms with van der Waals surface area (Å²) in [5, 5.41) is 5.68. The second-order valence-corrected chi connectivity index (χ2v) is 7.01. The van der Waals surface area contributed by atoms with E-state index in [0.29, 0.717) is 6.61 Å². The predicted octanol–water partition coefficient (Wildman–Crippen LogP) is 2.47. The Morgan fingerprint density at radius 1 is 1.09 bits per heavy atom. The van der Waals surface area contributed by atoms with Crippen LogP contribution in [0.15, 0.2) is 0 Å². The molecule has 130 valence electrons. The van der Waals surface area contributed by atoms with Crippen molar-refractivity contribution in [2.75, 3.05) is 13.2 Å². The Morgan fingerprint density at radius 3 is 2.05 bits per heavy atom. The van der Waals surface area contributed by atoms with Crippen LogP contribution in [0.2, 0.25) is 0 Å². The molecular formula is C16H32N2O4. The van der Waals surface area contributed by atoms with Gasteiger partial charge in [0.25, 0.3) is 0 Å². The minimum Gasteiger partial charge on any atom is -0.444 e. The number of nitrogens with one attached hydrogen (secondary N) is 2. The Morgan fingerprint density at radius 2 is 1.64 bits per heavy atom. The first-order chi connectivity index (χ1) is 9.91. The van der Waals surface area contributed by atoms with Gasteiger partial charge < -0.3 is 20.1 Å². The molecule has 0 aromatic rings. The zero-order valence-corrected chi connectivity index (χ0v) is 15.2. The molecule has 2 N–H and O–H groups in total. The SMILES string of the molecule is CCO[C@@H](C)C(=O)N[C@](C)(CNC(=O)OC(C)(C)C)C(C)C. The molecule has 0 saturated heterocycles. The van der Waals surface area contributed by atoms with Crippen LogP contribution in [0.4, 0.5) is 4.79 Å². The highest BCUT2D eigenvalue weighted by molar-refractivity contribution is 5.81. The Balaban J connectivity index is 4.69. The van der Waals surface area contributed by atoms with Gasteiger partial charge in [0.2, 0.25) is 5.91 Å². The molecule has 6 heteroatoms. The molecular weight excluding hydrogens is 284 g/mol. The molecule has 0 bridgehead atoms. The van der Waals surface area contributed by atoms with Crippen molar-refractivity contribution < 1.29 is 19.1 Å². The van der Waals surface area contributed by atoms with E-state index in [4.69, 9.17) is 9.47 Å². The summed E-state index contributed by atoms with van der Waals surface area (Å²) in [5.41, 5.74) is -1.13. The molecule has 0 spiro atoms. The van der Waals surface area contributed by atoms with Crippen molar-refractivity contribution in [1.82, 2.24) is 10.6 Å². The number of alkyl carbamates (subject to hydrolysis) is 1. The lowest BCUT2D eigenvalue weighted by Gasteiger charge is -2.36. The van der Waals surface area contributed by atoms with Crippen LogP contribution in [0.1, 0.15) is 55.4 Å². The molecule has 0 fully saturated rings. The summed E-state index contributed by atoms with van der Waals surface area (Å²) < 4.78 is 10.5. The zero-order chi connectivity index (χ0) is 17.6. The molecule has 22 heavy (non-hydrogen) atoms. The lowest BCUT2D eigenvalue weighted by molar-refractivity contribution is -0.133. The quantitative estimate of drug-likeness (QED) is 0.756. The first-order valence-corrected chi connectivity index (χ1v) is 7.81. The maximum absolute atomic E-state index is 12.1. The number of carbonyl (C=O) groups is 2. The van der Waals surface area contributed by atoms with E-state index < -0.39 is 23.3 Å². The van der Waals surface area contributed by atoms with E-state index in [-0.39, 0.29) is 18.4 Å². The average molecular weight is 316 g/mol. The normalized spacial score (nSPS) is 15.9. The van der Waals surface area contributed by atoms with Gasteiger partial charge >= 0.3 is 6.09 Å². The first kappa shape index (κ1) is 20.7. The van der Waals surface area contributed by atoms with Crippen molar-refractivity contribution in [1.29, 1.82) is 0 Å². The van der Waals surface area contributed by atoms with E-state index in [1.807, 2.05) is 27.7 Å². The fourth-order valence-electron chi connectivity index (χ4n) is 1.67. The van der Waals surface area contributed by atoms with Crippen molar-refractivity contribution in [3.63, 3.8) is 0 Å². The van der Waals surface area contributed by atoms with Crippen LogP contribution in [0.3, 0.4) is 0 Å². The maximum atomic E-state index is 12.1. The summed E-state index contributed by atoms with van der Waals surface area (Å²) in [7, 11) is 0. The molecule has 0 saturated carbocycles. The summed E-state index contributed by atoms with van der Waals surface area (Å²) in [4.78, 5) is 23.9. The third-order valence-electron chi connectivity index (χ3n) is 3.47. The molecule has 0 aliphatic heterocycles. The first-order valence-electron chi connectivity index (χ1n) is 7.81. The molecule has 0 heterocycles. The number of hydrogen-bond donors (Lipinski definition) is 2. The molecule has 0 rings (SSSR count). The monoisotopic (exact) mass is 316 g/mol. The number of carbonyl (C=O) groups excluding carboxylic acids is 2. The van der Waals surface area contributed by atoms with Gasteiger partial charge in [0, 0.05) is 13.2 Å². The van der Waals surface area contributed by atoms with E-state index in [2.05, 4.69) is 10.6 Å². The van der Waals surface area contributed by atoms with Crippen LogP contribution in [-0.4, -0.2) is 42.4 Å². The molecule has 0 unspecified atom stereocenters. The molecule has 0 radical (unpaired) electrons. The van der Waals surface area contributed by atoms with Crippen LogP contribution in [0, 0.1) is 5.92 Å². The van der Waals surface area contributed by atoms with E-state index in [1.54, 1.807) is 27.7 Å². The summed E-state index contributed by atoms with van der Waals surface area (Å²) in [6.07, 6.45) is -1.02. The Bertz CT molecular complexity index is 377. The van der Waals surface area contributed by atoms with Crippen molar-refractivity contribution in [3.05, 3.63) is 0 Å². The highest BCUT2D eigenvalue weighted by Crippen LogP contribution is 2.16. The molecule has 2 atom stereocenters. The van der Waals surface area contributed by atoms with Crippen LogP contribution in [0.5, 0.6) is 0 Å². The van der Waals surface area contributed by atoms with E-state index in [0.717, 1.165) is 0 Å². The van der Waals surface area contributed by atoms with Gasteiger partial charge in [0.1, 0.15) is 11.7 Å². The van der Waals surface area contributed by atoms with E-state index in [9.17, 15) is 9.59 Å². The third-order valence-corrected chi connectivity index (χ3v) is 3.47. The van der Waals surface area contributed by atoms with Crippen LogP contribution in [-0.2, 0) is 14.3 Å². The summed E-state index contributed by atoms with van der Waals surface area (Å²) in [6.45, 7) is 15.6. The highest BCUT2D eigenvalue weighted by Gasteiger charge is 2.32. The number of hydrogen-bond acceptors (Lipinski definition) is 4. The van der Waals surface area contributed by atoms with Crippen LogP contribution < -0.4 is 10.6 Å². The standard InChI is InChI=1S/C16H32N2O4/c1-9-21-12(4)13(19)18-16(8,11(2)3)10-17-14(20)22-15(5,6)7/h11-12H,9-10H2,1-8H3,(H,17,20)(H,18,19)/t12-,16+/m0/s1. The van der Waals surface area contributed by atoms with Crippen molar-refractivity contribution >= 4 is 12.0 Å². The number of amides is 2. The maximum Gasteiger partial charge on any atom is 0.407 e. The summed E-state index contributed by atoms with van der Waals surface area (Å²) in [5.74, 6) is -0.0655. The predicted molar refractivity (Wildman–Crippen MR) is 86.7 cm³/mol. The highest BCUT2D eigenvalue weighted by atomic mass is 16.6. The third kappa shape index (κ3) is 7.64. The molecule has 0 aromatic heterocycles. The largest absolute Gasteiger partial charge is 0.444 e. The molecule has 0 aromatic carbocycles. The summed E-state index contributed by atoms with van der Waals surface area (Å²) in [6, 6.07) is 0. The molecule has 6 nitrogen and oxygen atoms in total. The second kappa shape index (κ2) is 8.36. The van der Waals surface area contributed by atoms with Gasteiger partial charge in [-0.1, -0.05) is 13.8 Å². The van der Waals surface area contributed by atoms with Gasteiger partial charge in [-0.2, -0.15) is 0 Å². The van der Waals surface area contributed by atoms with Gasteiger partial charge in [0.15, 0.2) is 0 Å². The van der Waals surface area contributed by atoms with E-state index in [1.165, 1.54) is 0 Å². The van der Waals surface area contributed by atoms with Crippen molar-refractivity contribution in [3.8, 4) is 0 Å². The van der Waals surface area contributed by atoms with Crippen LogP contribution in [0.25, 0.3) is 0 Å². The molecule has 2 amide bonds. The van der Waals surface area contributed by atoms with E-state index >= 15 is 0 Å². The fourth-order valence-corrected chi connectivity index (χ4v) is 1.67. The van der Waals surface area contributed by atoms with Crippen LogP contribution >= 0.6 is 0 Å². The zero-order valence-electron chi connectivity index (χ0n) is 15.2. The van der Waals surface area contributed by atoms with Gasteiger partial charge in [-0.15, -0.1) is 0 Å².